The molecule has 0 fully saturated rings. The number of esters is 1. The van der Waals surface area contributed by atoms with Crippen LogP contribution < -0.4 is 4.31 Å². The Bertz CT molecular complexity index is 997. The van der Waals surface area contributed by atoms with Gasteiger partial charge in [-0.05, 0) is 63.6 Å². The van der Waals surface area contributed by atoms with Crippen molar-refractivity contribution in [3.63, 3.8) is 0 Å². The summed E-state index contributed by atoms with van der Waals surface area (Å²) < 4.78 is 32.1. The van der Waals surface area contributed by atoms with Gasteiger partial charge in [0.05, 0.1) is 10.6 Å². The number of carbonyl (C=O) groups is 2. The van der Waals surface area contributed by atoms with Gasteiger partial charge in [-0.2, -0.15) is 0 Å². The van der Waals surface area contributed by atoms with Gasteiger partial charge in [0.15, 0.2) is 0 Å². The van der Waals surface area contributed by atoms with Gasteiger partial charge in [0.25, 0.3) is 15.9 Å². The smallest absolute Gasteiger partial charge is 0.306 e. The second kappa shape index (κ2) is 9.96. The van der Waals surface area contributed by atoms with Gasteiger partial charge in [0.2, 0.25) is 0 Å². The largest absolute Gasteiger partial charge is 0.460 e. The number of anilines is 1. The minimum atomic E-state index is -3.74. The van der Waals surface area contributed by atoms with Crippen LogP contribution in [-0.2, 0) is 19.6 Å². The number of rotatable bonds is 8. The first-order valence-corrected chi connectivity index (χ1v) is 11.5. The number of amides is 1. The van der Waals surface area contributed by atoms with Crippen molar-refractivity contribution in [3.8, 4) is 0 Å². The van der Waals surface area contributed by atoms with Gasteiger partial charge < -0.3 is 9.64 Å². The molecule has 0 atom stereocenters. The van der Waals surface area contributed by atoms with Crippen LogP contribution in [0.2, 0.25) is 0 Å². The fourth-order valence-corrected chi connectivity index (χ4v) is 4.07. The van der Waals surface area contributed by atoms with Gasteiger partial charge in [-0.3, -0.25) is 13.9 Å². The Morgan fingerprint density at radius 2 is 1.52 bits per heavy atom. The summed E-state index contributed by atoms with van der Waals surface area (Å²) >= 11 is 0. The molecule has 0 aliphatic rings. The van der Waals surface area contributed by atoms with Gasteiger partial charge in [-0.25, -0.2) is 8.42 Å². The maximum atomic E-state index is 12.8. The summed E-state index contributed by atoms with van der Waals surface area (Å²) in [7, 11) is -0.604. The van der Waals surface area contributed by atoms with Crippen molar-refractivity contribution in [2.45, 2.75) is 44.1 Å². The first-order chi connectivity index (χ1) is 14.4. The first-order valence-electron chi connectivity index (χ1n) is 10.0. The lowest BCUT2D eigenvalue weighted by Crippen LogP contribution is -2.29. The average molecular weight is 447 g/mol. The standard InChI is InChI=1S/C23H30N2O5S/c1-23(2,3)30-21(26)12-9-17-24(4)22(27)18-13-15-20(16-14-18)31(28,29)25(5)19-10-7-6-8-11-19/h6-8,10-11,13-16H,9,12,17H2,1-5H3. The van der Waals surface area contributed by atoms with Crippen molar-refractivity contribution in [1.82, 2.24) is 4.90 Å². The fourth-order valence-electron chi connectivity index (χ4n) is 2.88. The Morgan fingerprint density at radius 3 is 2.06 bits per heavy atom. The molecular formula is C23H30N2O5S. The maximum absolute atomic E-state index is 12.8. The van der Waals surface area contributed by atoms with E-state index in [0.717, 1.165) is 0 Å². The van der Waals surface area contributed by atoms with E-state index in [0.29, 0.717) is 24.2 Å². The zero-order chi connectivity index (χ0) is 23.2. The highest BCUT2D eigenvalue weighted by atomic mass is 32.2. The molecule has 2 rings (SSSR count). The summed E-state index contributed by atoms with van der Waals surface area (Å²) in [4.78, 5) is 26.0. The molecule has 7 nitrogen and oxygen atoms in total. The van der Waals surface area contributed by atoms with E-state index in [2.05, 4.69) is 0 Å². The number of para-hydroxylation sites is 1. The van der Waals surface area contributed by atoms with E-state index < -0.39 is 15.6 Å². The van der Waals surface area contributed by atoms with Crippen molar-refractivity contribution >= 4 is 27.6 Å². The zero-order valence-electron chi connectivity index (χ0n) is 18.7. The SMILES string of the molecule is CN(CCCC(=O)OC(C)(C)C)C(=O)c1ccc(S(=O)(=O)N(C)c2ccccc2)cc1. The van der Waals surface area contributed by atoms with Crippen LogP contribution in [0.1, 0.15) is 44.0 Å². The second-order valence-electron chi connectivity index (χ2n) is 8.25. The van der Waals surface area contributed by atoms with E-state index in [-0.39, 0.29) is 23.2 Å². The predicted molar refractivity (Wildman–Crippen MR) is 121 cm³/mol. The van der Waals surface area contributed by atoms with Crippen LogP contribution in [0.15, 0.2) is 59.5 Å². The molecule has 0 radical (unpaired) electrons. The molecule has 0 saturated heterocycles. The predicted octanol–water partition coefficient (Wildman–Crippen LogP) is 3.71. The van der Waals surface area contributed by atoms with Crippen LogP contribution in [0.5, 0.6) is 0 Å². The molecule has 0 aromatic heterocycles. The molecule has 0 unspecified atom stereocenters. The minimum absolute atomic E-state index is 0.1000. The highest BCUT2D eigenvalue weighted by Gasteiger charge is 2.22. The Labute approximate surface area is 184 Å². The molecule has 31 heavy (non-hydrogen) atoms. The summed E-state index contributed by atoms with van der Waals surface area (Å²) in [5, 5.41) is 0. The van der Waals surface area contributed by atoms with Crippen LogP contribution >= 0.6 is 0 Å². The van der Waals surface area contributed by atoms with E-state index in [1.165, 1.54) is 40.5 Å². The van der Waals surface area contributed by atoms with Crippen molar-refractivity contribution in [3.05, 3.63) is 60.2 Å². The number of sulfonamides is 1. The number of benzene rings is 2. The van der Waals surface area contributed by atoms with E-state index >= 15 is 0 Å². The van der Waals surface area contributed by atoms with Crippen LogP contribution in [0.25, 0.3) is 0 Å². The molecule has 0 bridgehead atoms. The summed E-state index contributed by atoms with van der Waals surface area (Å²) in [6.45, 7) is 5.81. The van der Waals surface area contributed by atoms with Crippen LogP contribution in [0.3, 0.4) is 0 Å². The summed E-state index contributed by atoms with van der Waals surface area (Å²) in [5.74, 6) is -0.546. The Hall–Kier alpha value is -2.87. The minimum Gasteiger partial charge on any atom is -0.460 e. The molecule has 0 saturated carbocycles. The van der Waals surface area contributed by atoms with E-state index in [1.807, 2.05) is 26.8 Å². The average Bonchev–Trinajstić information content (AvgIpc) is 2.72. The van der Waals surface area contributed by atoms with E-state index in [1.54, 1.807) is 31.3 Å². The summed E-state index contributed by atoms with van der Waals surface area (Å²) in [5.41, 5.74) is 0.392. The van der Waals surface area contributed by atoms with Crippen molar-refractivity contribution in [1.29, 1.82) is 0 Å². The number of carbonyl (C=O) groups excluding carboxylic acids is 2. The van der Waals surface area contributed by atoms with Crippen LogP contribution in [-0.4, -0.2) is 51.4 Å². The lowest BCUT2D eigenvalue weighted by atomic mass is 10.2. The fraction of sp³-hybridized carbons (Fsp3) is 0.391. The second-order valence-corrected chi connectivity index (χ2v) is 10.2. The Kier molecular flexibility index (Phi) is 7.84. The Balaban J connectivity index is 1.99. The molecule has 1 amide bonds. The van der Waals surface area contributed by atoms with Gasteiger partial charge >= 0.3 is 5.97 Å². The van der Waals surface area contributed by atoms with Gasteiger partial charge in [-0.15, -0.1) is 0 Å². The third kappa shape index (κ3) is 6.82. The van der Waals surface area contributed by atoms with Crippen LogP contribution in [0, 0.1) is 0 Å². The van der Waals surface area contributed by atoms with Crippen molar-refractivity contribution in [2.24, 2.45) is 0 Å². The van der Waals surface area contributed by atoms with Crippen molar-refractivity contribution < 1.29 is 22.7 Å². The van der Waals surface area contributed by atoms with Crippen molar-refractivity contribution in [2.75, 3.05) is 24.9 Å². The molecule has 2 aromatic rings. The molecule has 0 aliphatic heterocycles. The first kappa shape index (κ1) is 24.4. The topological polar surface area (TPSA) is 84.0 Å². The monoisotopic (exact) mass is 446 g/mol. The summed E-state index contributed by atoms with van der Waals surface area (Å²) in [6, 6.07) is 14.6. The Morgan fingerprint density at radius 1 is 0.935 bits per heavy atom. The number of hydrogen-bond acceptors (Lipinski definition) is 5. The molecule has 0 heterocycles. The highest BCUT2D eigenvalue weighted by molar-refractivity contribution is 7.92. The molecule has 0 spiro atoms. The zero-order valence-corrected chi connectivity index (χ0v) is 19.5. The van der Waals surface area contributed by atoms with Crippen LogP contribution in [0.4, 0.5) is 5.69 Å². The number of hydrogen-bond donors (Lipinski definition) is 0. The molecule has 168 valence electrons. The quantitative estimate of drug-likeness (QED) is 0.577. The molecule has 0 aliphatic carbocycles. The maximum Gasteiger partial charge on any atom is 0.306 e. The summed E-state index contributed by atoms with van der Waals surface area (Å²) in [6.07, 6.45) is 0.698. The van der Waals surface area contributed by atoms with E-state index in [9.17, 15) is 18.0 Å². The number of ether oxygens (including phenoxy) is 1. The molecular weight excluding hydrogens is 416 g/mol. The lowest BCUT2D eigenvalue weighted by molar-refractivity contribution is -0.154. The number of nitrogens with zero attached hydrogens (tertiary/aromatic N) is 2. The van der Waals surface area contributed by atoms with Gasteiger partial charge in [-0.1, -0.05) is 18.2 Å². The van der Waals surface area contributed by atoms with Gasteiger partial charge in [0, 0.05) is 32.6 Å². The molecule has 2 aromatic carbocycles. The molecule has 0 N–H and O–H groups in total. The van der Waals surface area contributed by atoms with E-state index in [4.69, 9.17) is 4.74 Å². The third-order valence-electron chi connectivity index (χ3n) is 4.52. The highest BCUT2D eigenvalue weighted by Crippen LogP contribution is 2.22. The van der Waals surface area contributed by atoms with Gasteiger partial charge in [0.1, 0.15) is 5.60 Å². The lowest BCUT2D eigenvalue weighted by Gasteiger charge is -2.21. The third-order valence-corrected chi connectivity index (χ3v) is 6.32. The normalized spacial score (nSPS) is 11.6. The molecule has 8 heteroatoms.